The lowest BCUT2D eigenvalue weighted by Crippen LogP contribution is -2.38. The van der Waals surface area contributed by atoms with E-state index in [1.54, 1.807) is 18.4 Å². The molecule has 1 aliphatic rings. The van der Waals surface area contributed by atoms with Crippen LogP contribution in [0.2, 0.25) is 0 Å². The van der Waals surface area contributed by atoms with E-state index < -0.39 is 10.0 Å². The maximum absolute atomic E-state index is 12.6. The van der Waals surface area contributed by atoms with Crippen molar-refractivity contribution in [2.24, 2.45) is 0 Å². The van der Waals surface area contributed by atoms with E-state index in [2.05, 4.69) is 14.9 Å². The van der Waals surface area contributed by atoms with Crippen LogP contribution in [0, 0.1) is 13.8 Å². The second kappa shape index (κ2) is 10.7. The average molecular weight is 486 g/mol. The van der Waals surface area contributed by atoms with Crippen LogP contribution in [0.25, 0.3) is 11.0 Å². The molecule has 9 heteroatoms. The number of amides is 1. The predicted octanol–water partition coefficient (Wildman–Crippen LogP) is 3.23. The molecule has 0 saturated carbocycles. The highest BCUT2D eigenvalue weighted by atomic mass is 32.2. The first-order valence-corrected chi connectivity index (χ1v) is 13.0. The number of fused-ring (bicyclic) bond motifs is 1. The molecule has 0 atom stereocenters. The van der Waals surface area contributed by atoms with Crippen molar-refractivity contribution < 1.29 is 22.4 Å². The lowest BCUT2D eigenvalue weighted by molar-refractivity contribution is -0.115. The maximum Gasteiger partial charge on any atom is 0.240 e. The summed E-state index contributed by atoms with van der Waals surface area (Å²) in [5.41, 5.74) is 4.36. The summed E-state index contributed by atoms with van der Waals surface area (Å²) in [6, 6.07) is 10.2. The van der Waals surface area contributed by atoms with E-state index in [4.69, 9.17) is 9.15 Å². The largest absolute Gasteiger partial charge is 0.464 e. The Balaban J connectivity index is 1.29. The van der Waals surface area contributed by atoms with Crippen molar-refractivity contribution in [2.45, 2.75) is 31.6 Å². The number of ether oxygens (including phenoxy) is 1. The molecule has 2 heterocycles. The minimum absolute atomic E-state index is 0.167. The molecular formula is C25H31N3O5S. The van der Waals surface area contributed by atoms with E-state index in [0.717, 1.165) is 66.9 Å². The summed E-state index contributed by atoms with van der Waals surface area (Å²) in [5.74, 6) is -0.197. The highest BCUT2D eigenvalue weighted by Gasteiger charge is 2.16. The smallest absolute Gasteiger partial charge is 0.240 e. The summed E-state index contributed by atoms with van der Waals surface area (Å²) in [4.78, 5) is 15.0. The Morgan fingerprint density at radius 3 is 2.53 bits per heavy atom. The number of hydrogen-bond acceptors (Lipinski definition) is 6. The zero-order chi connectivity index (χ0) is 24.1. The second-order valence-corrected chi connectivity index (χ2v) is 10.4. The lowest BCUT2D eigenvalue weighted by atomic mass is 10.0. The van der Waals surface area contributed by atoms with Crippen LogP contribution in [0.3, 0.4) is 0 Å². The van der Waals surface area contributed by atoms with Gasteiger partial charge in [0.2, 0.25) is 15.9 Å². The van der Waals surface area contributed by atoms with Crippen LogP contribution in [0.4, 0.5) is 5.69 Å². The van der Waals surface area contributed by atoms with Crippen molar-refractivity contribution in [3.8, 4) is 0 Å². The monoisotopic (exact) mass is 485 g/mol. The molecule has 4 rings (SSSR count). The van der Waals surface area contributed by atoms with Crippen LogP contribution in [-0.4, -0.2) is 58.6 Å². The molecule has 0 bridgehead atoms. The third kappa shape index (κ3) is 5.85. The van der Waals surface area contributed by atoms with Crippen molar-refractivity contribution in [1.82, 2.24) is 9.62 Å². The molecule has 1 aromatic heterocycles. The topological polar surface area (TPSA) is 101 Å². The van der Waals surface area contributed by atoms with E-state index in [-0.39, 0.29) is 17.2 Å². The number of nitrogens with one attached hydrogen (secondary N) is 2. The maximum atomic E-state index is 12.6. The summed E-state index contributed by atoms with van der Waals surface area (Å²) in [6.07, 6.45) is 2.52. The van der Waals surface area contributed by atoms with E-state index in [1.165, 1.54) is 12.1 Å². The van der Waals surface area contributed by atoms with E-state index in [0.29, 0.717) is 12.2 Å². The number of sulfonamides is 1. The third-order valence-corrected chi connectivity index (χ3v) is 7.66. The van der Waals surface area contributed by atoms with Crippen molar-refractivity contribution in [1.29, 1.82) is 0 Å². The normalized spacial score (nSPS) is 15.0. The van der Waals surface area contributed by atoms with E-state index in [1.807, 2.05) is 26.0 Å². The van der Waals surface area contributed by atoms with Crippen molar-refractivity contribution >= 4 is 32.6 Å². The molecule has 2 aromatic carbocycles. The quantitative estimate of drug-likeness (QED) is 0.452. The molecule has 0 unspecified atom stereocenters. The Kier molecular flexibility index (Phi) is 7.67. The van der Waals surface area contributed by atoms with Crippen LogP contribution in [0.1, 0.15) is 23.1 Å². The average Bonchev–Trinajstić information content (AvgIpc) is 3.23. The first-order valence-electron chi connectivity index (χ1n) is 11.5. The fourth-order valence-electron chi connectivity index (χ4n) is 4.04. The molecule has 8 nitrogen and oxygen atoms in total. The van der Waals surface area contributed by atoms with Crippen LogP contribution in [0.5, 0.6) is 0 Å². The Hall–Kier alpha value is -2.72. The van der Waals surface area contributed by atoms with Crippen LogP contribution < -0.4 is 10.0 Å². The number of morpholine rings is 1. The van der Waals surface area contributed by atoms with Gasteiger partial charge in [-0.15, -0.1) is 0 Å². The number of anilines is 1. The third-order valence-electron chi connectivity index (χ3n) is 6.19. The predicted molar refractivity (Wildman–Crippen MR) is 132 cm³/mol. The van der Waals surface area contributed by atoms with Gasteiger partial charge in [0, 0.05) is 36.3 Å². The number of nitrogens with zero attached hydrogens (tertiary/aromatic N) is 1. The number of hydrogen-bond donors (Lipinski definition) is 2. The molecule has 1 saturated heterocycles. The van der Waals surface area contributed by atoms with Crippen LogP contribution in [-0.2, 0) is 26.0 Å². The molecule has 0 spiro atoms. The van der Waals surface area contributed by atoms with Gasteiger partial charge in [-0.25, -0.2) is 13.1 Å². The molecule has 1 aliphatic heterocycles. The van der Waals surface area contributed by atoms with Gasteiger partial charge >= 0.3 is 0 Å². The van der Waals surface area contributed by atoms with Gasteiger partial charge < -0.3 is 14.5 Å². The van der Waals surface area contributed by atoms with Crippen LogP contribution >= 0.6 is 0 Å². The zero-order valence-electron chi connectivity index (χ0n) is 19.6. The van der Waals surface area contributed by atoms with Gasteiger partial charge in [-0.3, -0.25) is 9.69 Å². The Morgan fingerprint density at radius 2 is 1.79 bits per heavy atom. The SMILES string of the molecule is Cc1ccc2c(CC(=O)Nc3ccc(S(=O)(=O)NCCCN4CCOCC4)cc3)coc2c1C. The number of carbonyl (C=O) groups excluding carboxylic acids is 1. The number of rotatable bonds is 9. The minimum Gasteiger partial charge on any atom is -0.464 e. The Morgan fingerprint density at radius 1 is 1.06 bits per heavy atom. The molecule has 0 radical (unpaired) electrons. The number of carbonyl (C=O) groups is 1. The van der Waals surface area contributed by atoms with Gasteiger partial charge in [-0.2, -0.15) is 0 Å². The minimum atomic E-state index is -3.60. The Labute approximate surface area is 200 Å². The fraction of sp³-hybridized carbons (Fsp3) is 0.400. The van der Waals surface area contributed by atoms with E-state index >= 15 is 0 Å². The van der Waals surface area contributed by atoms with E-state index in [9.17, 15) is 13.2 Å². The highest BCUT2D eigenvalue weighted by molar-refractivity contribution is 7.89. The molecule has 2 N–H and O–H groups in total. The molecule has 34 heavy (non-hydrogen) atoms. The molecule has 0 aliphatic carbocycles. The first kappa shape index (κ1) is 24.4. The molecule has 182 valence electrons. The van der Waals surface area contributed by atoms with Gasteiger partial charge in [0.15, 0.2) is 0 Å². The second-order valence-electron chi connectivity index (χ2n) is 8.60. The van der Waals surface area contributed by atoms with Crippen molar-refractivity contribution in [3.05, 3.63) is 59.4 Å². The lowest BCUT2D eigenvalue weighted by Gasteiger charge is -2.26. The molecule has 1 fully saturated rings. The summed E-state index contributed by atoms with van der Waals surface area (Å²) in [5, 5.41) is 3.76. The number of furan rings is 1. The number of aryl methyl sites for hydroxylation is 2. The molecule has 3 aromatic rings. The summed E-state index contributed by atoms with van der Waals surface area (Å²) < 4.78 is 38.8. The summed E-state index contributed by atoms with van der Waals surface area (Å²) in [6.45, 7) is 8.46. The summed E-state index contributed by atoms with van der Waals surface area (Å²) in [7, 11) is -3.60. The van der Waals surface area contributed by atoms with Gasteiger partial charge in [0.05, 0.1) is 30.8 Å². The van der Waals surface area contributed by atoms with Gasteiger partial charge in [-0.1, -0.05) is 12.1 Å². The summed E-state index contributed by atoms with van der Waals surface area (Å²) >= 11 is 0. The van der Waals surface area contributed by atoms with Gasteiger partial charge in [0.25, 0.3) is 0 Å². The fourth-order valence-corrected chi connectivity index (χ4v) is 5.11. The van der Waals surface area contributed by atoms with Crippen LogP contribution in [0.15, 0.2) is 52.0 Å². The highest BCUT2D eigenvalue weighted by Crippen LogP contribution is 2.27. The molecule has 1 amide bonds. The van der Waals surface area contributed by atoms with Gasteiger partial charge in [0.1, 0.15) is 5.58 Å². The zero-order valence-corrected chi connectivity index (χ0v) is 20.4. The van der Waals surface area contributed by atoms with Crippen molar-refractivity contribution in [2.75, 3.05) is 44.7 Å². The molecular weight excluding hydrogens is 454 g/mol. The van der Waals surface area contributed by atoms with Gasteiger partial charge in [-0.05, 0) is 62.2 Å². The standard InChI is InChI=1S/C25H31N3O5S/c1-18-4-9-23-20(17-33-25(23)19(18)2)16-24(29)27-21-5-7-22(8-6-21)34(30,31)26-10-3-11-28-12-14-32-15-13-28/h4-9,17,26H,3,10-16H2,1-2H3,(H,27,29). The Bertz CT molecular complexity index is 1250. The van der Waals surface area contributed by atoms with Crippen molar-refractivity contribution in [3.63, 3.8) is 0 Å². The number of benzene rings is 2. The first-order chi connectivity index (χ1) is 16.3.